The van der Waals surface area contributed by atoms with Crippen molar-refractivity contribution < 1.29 is 9.47 Å². The van der Waals surface area contributed by atoms with E-state index in [0.29, 0.717) is 11.5 Å². The van der Waals surface area contributed by atoms with Crippen LogP contribution < -0.4 is 9.47 Å². The molecule has 108 valence electrons. The number of rotatable bonds is 3. The molecule has 0 bridgehead atoms. The number of imidazole rings is 1. The third-order valence-corrected chi connectivity index (χ3v) is 4.49. The first-order valence-electron chi connectivity index (χ1n) is 6.20. The fourth-order valence-corrected chi connectivity index (χ4v) is 3.83. The Morgan fingerprint density at radius 3 is 2.43 bits per heavy atom. The summed E-state index contributed by atoms with van der Waals surface area (Å²) in [6.45, 7) is 0. The van der Waals surface area contributed by atoms with E-state index in [-0.39, 0.29) is 0 Å². The lowest BCUT2D eigenvalue weighted by Gasteiger charge is -2.13. The quantitative estimate of drug-likeness (QED) is 0.675. The third-order valence-electron chi connectivity index (χ3n) is 3.18. The fourth-order valence-electron chi connectivity index (χ4n) is 2.23. The van der Waals surface area contributed by atoms with Crippen molar-refractivity contribution in [2.75, 3.05) is 14.2 Å². The predicted octanol–water partition coefficient (Wildman–Crippen LogP) is 4.77. The number of nitrogens with zero attached hydrogens (tertiary/aromatic N) is 1. The Kier molecular flexibility index (Phi) is 3.91. The van der Waals surface area contributed by atoms with Crippen molar-refractivity contribution in [2.24, 2.45) is 0 Å². The molecule has 0 saturated carbocycles. The van der Waals surface area contributed by atoms with E-state index in [1.165, 1.54) is 0 Å². The van der Waals surface area contributed by atoms with Gasteiger partial charge in [0.25, 0.3) is 0 Å². The van der Waals surface area contributed by atoms with Crippen molar-refractivity contribution in [3.05, 3.63) is 39.3 Å². The van der Waals surface area contributed by atoms with Gasteiger partial charge in [-0.15, -0.1) is 0 Å². The number of halogens is 2. The van der Waals surface area contributed by atoms with Crippen LogP contribution in [-0.2, 0) is 0 Å². The number of benzene rings is 2. The average Bonchev–Trinajstić information content (AvgIpc) is 2.91. The highest BCUT2D eigenvalue weighted by Gasteiger charge is 2.19. The van der Waals surface area contributed by atoms with Crippen molar-refractivity contribution >= 4 is 42.9 Å². The molecule has 0 radical (unpaired) electrons. The molecule has 6 heteroatoms. The smallest absolute Gasteiger partial charge is 0.151 e. The monoisotopic (exact) mass is 410 g/mol. The van der Waals surface area contributed by atoms with E-state index in [4.69, 9.17) is 9.47 Å². The Balaban J connectivity index is 2.26. The molecule has 0 aliphatic heterocycles. The van der Waals surface area contributed by atoms with Crippen LogP contribution in [0.15, 0.2) is 39.3 Å². The Morgan fingerprint density at radius 1 is 1.05 bits per heavy atom. The first-order valence-corrected chi connectivity index (χ1v) is 7.79. The summed E-state index contributed by atoms with van der Waals surface area (Å²) in [6.07, 6.45) is 0. The minimum atomic E-state index is 0.675. The topological polar surface area (TPSA) is 47.1 Å². The van der Waals surface area contributed by atoms with E-state index < -0.39 is 0 Å². The molecule has 0 amide bonds. The summed E-state index contributed by atoms with van der Waals surface area (Å²) in [7, 11) is 3.24. The summed E-state index contributed by atoms with van der Waals surface area (Å²) in [6, 6.07) is 9.83. The molecule has 1 aromatic heterocycles. The van der Waals surface area contributed by atoms with Gasteiger partial charge >= 0.3 is 0 Å². The van der Waals surface area contributed by atoms with Crippen LogP contribution in [0.25, 0.3) is 22.4 Å². The molecule has 0 unspecified atom stereocenters. The molecule has 1 heterocycles. The molecule has 0 aliphatic carbocycles. The largest absolute Gasteiger partial charge is 0.495 e. The second-order valence-corrected chi connectivity index (χ2v) is 6.04. The molecule has 0 saturated heterocycles. The van der Waals surface area contributed by atoms with Gasteiger partial charge in [0.1, 0.15) is 16.0 Å². The molecule has 3 aromatic rings. The number of hydrogen-bond donors (Lipinski definition) is 1. The zero-order chi connectivity index (χ0) is 15.0. The summed E-state index contributed by atoms with van der Waals surface area (Å²) in [5.74, 6) is 2.11. The lowest BCUT2D eigenvalue weighted by atomic mass is 10.2. The van der Waals surface area contributed by atoms with Crippen LogP contribution >= 0.6 is 31.9 Å². The number of aromatic amines is 1. The van der Waals surface area contributed by atoms with Crippen molar-refractivity contribution in [1.82, 2.24) is 9.97 Å². The van der Waals surface area contributed by atoms with Crippen molar-refractivity contribution in [3.63, 3.8) is 0 Å². The van der Waals surface area contributed by atoms with E-state index in [1.807, 2.05) is 30.3 Å². The van der Waals surface area contributed by atoms with Crippen LogP contribution in [0.1, 0.15) is 0 Å². The highest BCUT2D eigenvalue weighted by atomic mass is 79.9. The normalized spacial score (nSPS) is 10.9. The molecular weight excluding hydrogens is 400 g/mol. The first kappa shape index (κ1) is 14.4. The second-order valence-electron chi connectivity index (χ2n) is 4.39. The standard InChI is InChI=1S/C15H12Br2N2O2/c1-20-13-8(7-9(16)14(21-2)12(13)17)15-18-10-5-3-4-6-11(10)19-15/h3-7H,1-2H3,(H,18,19). The Labute approximate surface area is 138 Å². The number of ether oxygens (including phenoxy) is 2. The Morgan fingerprint density at radius 2 is 1.76 bits per heavy atom. The average molecular weight is 412 g/mol. The maximum atomic E-state index is 5.52. The van der Waals surface area contributed by atoms with E-state index >= 15 is 0 Å². The SMILES string of the molecule is COc1c(Br)cc(-c2nc3ccccc3[nH]2)c(OC)c1Br. The molecule has 4 nitrogen and oxygen atoms in total. The zero-order valence-corrected chi connectivity index (χ0v) is 14.6. The van der Waals surface area contributed by atoms with E-state index in [2.05, 4.69) is 41.8 Å². The summed E-state index contributed by atoms with van der Waals surface area (Å²) >= 11 is 7.03. The molecule has 0 aliphatic rings. The number of nitrogens with one attached hydrogen (secondary N) is 1. The van der Waals surface area contributed by atoms with Gasteiger partial charge in [-0.05, 0) is 50.1 Å². The van der Waals surface area contributed by atoms with E-state index in [1.54, 1.807) is 14.2 Å². The molecule has 1 N–H and O–H groups in total. The number of methoxy groups -OCH3 is 2. The maximum absolute atomic E-state index is 5.52. The van der Waals surface area contributed by atoms with Crippen LogP contribution in [0.5, 0.6) is 11.5 Å². The number of para-hydroxylation sites is 2. The van der Waals surface area contributed by atoms with Crippen LogP contribution in [0, 0.1) is 0 Å². The van der Waals surface area contributed by atoms with Gasteiger partial charge in [-0.25, -0.2) is 4.98 Å². The zero-order valence-electron chi connectivity index (χ0n) is 11.4. The van der Waals surface area contributed by atoms with Gasteiger partial charge in [-0.1, -0.05) is 12.1 Å². The molecule has 0 fully saturated rings. The highest BCUT2D eigenvalue weighted by molar-refractivity contribution is 9.11. The van der Waals surface area contributed by atoms with Gasteiger partial charge in [0.15, 0.2) is 5.75 Å². The van der Waals surface area contributed by atoms with Crippen molar-refractivity contribution in [2.45, 2.75) is 0 Å². The van der Waals surface area contributed by atoms with Crippen molar-refractivity contribution in [3.8, 4) is 22.9 Å². The molecule has 0 atom stereocenters. The Hall–Kier alpha value is -1.53. The maximum Gasteiger partial charge on any atom is 0.151 e. The van der Waals surface area contributed by atoms with Crippen LogP contribution in [0.2, 0.25) is 0 Å². The Bertz CT molecular complexity index is 782. The van der Waals surface area contributed by atoms with Gasteiger partial charge in [0.2, 0.25) is 0 Å². The predicted molar refractivity (Wildman–Crippen MR) is 90.0 cm³/mol. The van der Waals surface area contributed by atoms with E-state index in [9.17, 15) is 0 Å². The van der Waals surface area contributed by atoms with Crippen molar-refractivity contribution in [1.29, 1.82) is 0 Å². The fraction of sp³-hybridized carbons (Fsp3) is 0.133. The lowest BCUT2D eigenvalue weighted by molar-refractivity contribution is 0.388. The molecule has 2 aromatic carbocycles. The minimum Gasteiger partial charge on any atom is -0.495 e. The summed E-state index contributed by atoms with van der Waals surface area (Å²) < 4.78 is 12.5. The highest BCUT2D eigenvalue weighted by Crippen LogP contribution is 2.45. The first-order chi connectivity index (χ1) is 10.2. The van der Waals surface area contributed by atoms with Gasteiger partial charge in [0, 0.05) is 0 Å². The lowest BCUT2D eigenvalue weighted by Crippen LogP contribution is -1.95. The number of fused-ring (bicyclic) bond motifs is 1. The number of hydrogen-bond acceptors (Lipinski definition) is 3. The summed E-state index contributed by atoms with van der Waals surface area (Å²) in [5, 5.41) is 0. The van der Waals surface area contributed by atoms with Gasteiger partial charge < -0.3 is 14.5 Å². The van der Waals surface area contributed by atoms with Crippen LogP contribution in [-0.4, -0.2) is 24.2 Å². The minimum absolute atomic E-state index is 0.675. The van der Waals surface area contributed by atoms with Gasteiger partial charge in [-0.2, -0.15) is 0 Å². The summed E-state index contributed by atoms with van der Waals surface area (Å²) in [5.41, 5.74) is 2.75. The second kappa shape index (κ2) is 5.69. The molecular formula is C15H12Br2N2O2. The summed E-state index contributed by atoms with van der Waals surface area (Å²) in [4.78, 5) is 7.92. The third kappa shape index (κ3) is 2.42. The number of aromatic nitrogens is 2. The van der Waals surface area contributed by atoms with Crippen LogP contribution in [0.3, 0.4) is 0 Å². The molecule has 0 spiro atoms. The van der Waals surface area contributed by atoms with Gasteiger partial charge in [-0.3, -0.25) is 0 Å². The van der Waals surface area contributed by atoms with Gasteiger partial charge in [0.05, 0.1) is 35.3 Å². The molecule has 3 rings (SSSR count). The van der Waals surface area contributed by atoms with E-state index in [0.717, 1.165) is 31.4 Å². The molecule has 21 heavy (non-hydrogen) atoms. The number of H-pyrrole nitrogens is 1. The van der Waals surface area contributed by atoms with Crippen LogP contribution in [0.4, 0.5) is 0 Å².